The number of thiophene rings is 1. The first-order chi connectivity index (χ1) is 9.15. The number of nitrogens with one attached hydrogen (secondary N) is 1. The van der Waals surface area contributed by atoms with Crippen molar-refractivity contribution < 1.29 is 4.79 Å². The van der Waals surface area contributed by atoms with Crippen LogP contribution in [0.1, 0.15) is 27.7 Å². The van der Waals surface area contributed by atoms with Crippen molar-refractivity contribution in [1.82, 2.24) is 0 Å². The van der Waals surface area contributed by atoms with Gasteiger partial charge in [-0.05, 0) is 41.6 Å². The van der Waals surface area contributed by atoms with Crippen LogP contribution in [-0.4, -0.2) is 5.91 Å². The molecule has 0 radical (unpaired) electrons. The SMILES string of the molecule is CCc1ccsc1C(=O)Nc1ccc(C#N)cc1Cl. The maximum atomic E-state index is 12.1. The molecule has 2 rings (SSSR count). The molecule has 1 aromatic heterocycles. The number of anilines is 1. The largest absolute Gasteiger partial charge is 0.320 e. The highest BCUT2D eigenvalue weighted by Crippen LogP contribution is 2.25. The van der Waals surface area contributed by atoms with Gasteiger partial charge in [-0.15, -0.1) is 11.3 Å². The molecule has 0 fully saturated rings. The Balaban J connectivity index is 2.22. The van der Waals surface area contributed by atoms with E-state index in [2.05, 4.69) is 5.32 Å². The molecule has 1 aromatic carbocycles. The van der Waals surface area contributed by atoms with E-state index in [4.69, 9.17) is 16.9 Å². The third kappa shape index (κ3) is 2.95. The summed E-state index contributed by atoms with van der Waals surface area (Å²) >= 11 is 7.43. The zero-order valence-electron chi connectivity index (χ0n) is 10.2. The first kappa shape index (κ1) is 13.6. The van der Waals surface area contributed by atoms with Crippen LogP contribution < -0.4 is 5.32 Å². The number of carbonyl (C=O) groups excluding carboxylic acids is 1. The maximum absolute atomic E-state index is 12.1. The summed E-state index contributed by atoms with van der Waals surface area (Å²) < 4.78 is 0. The Kier molecular flexibility index (Phi) is 4.20. The smallest absolute Gasteiger partial charge is 0.266 e. The van der Waals surface area contributed by atoms with Crippen LogP contribution in [0.5, 0.6) is 0 Å². The topological polar surface area (TPSA) is 52.9 Å². The molecule has 0 spiro atoms. The summed E-state index contributed by atoms with van der Waals surface area (Å²) in [5, 5.41) is 13.8. The summed E-state index contributed by atoms with van der Waals surface area (Å²) in [7, 11) is 0. The Labute approximate surface area is 120 Å². The van der Waals surface area contributed by atoms with Crippen LogP contribution in [0.4, 0.5) is 5.69 Å². The molecule has 1 heterocycles. The van der Waals surface area contributed by atoms with Crippen molar-refractivity contribution in [3.63, 3.8) is 0 Å². The molecule has 0 unspecified atom stereocenters. The van der Waals surface area contributed by atoms with Gasteiger partial charge in [0.1, 0.15) is 0 Å². The number of halogens is 1. The van der Waals surface area contributed by atoms with Crippen LogP contribution in [0.25, 0.3) is 0 Å². The molecule has 0 bridgehead atoms. The van der Waals surface area contributed by atoms with E-state index in [0.717, 1.165) is 12.0 Å². The van der Waals surface area contributed by atoms with Gasteiger partial charge in [0, 0.05) is 0 Å². The number of amides is 1. The molecule has 1 amide bonds. The van der Waals surface area contributed by atoms with Crippen molar-refractivity contribution in [2.75, 3.05) is 5.32 Å². The molecular formula is C14H11ClN2OS. The van der Waals surface area contributed by atoms with Gasteiger partial charge in [-0.3, -0.25) is 4.79 Å². The first-order valence-electron chi connectivity index (χ1n) is 5.73. The molecule has 2 aromatic rings. The molecule has 0 saturated carbocycles. The van der Waals surface area contributed by atoms with E-state index in [1.54, 1.807) is 12.1 Å². The van der Waals surface area contributed by atoms with E-state index in [-0.39, 0.29) is 5.91 Å². The quantitative estimate of drug-likeness (QED) is 0.925. The lowest BCUT2D eigenvalue weighted by atomic mass is 10.2. The second-order valence-electron chi connectivity index (χ2n) is 3.89. The zero-order valence-corrected chi connectivity index (χ0v) is 11.8. The van der Waals surface area contributed by atoms with Gasteiger partial charge < -0.3 is 5.32 Å². The summed E-state index contributed by atoms with van der Waals surface area (Å²) in [5.74, 6) is -0.168. The van der Waals surface area contributed by atoms with Crippen LogP contribution >= 0.6 is 22.9 Å². The van der Waals surface area contributed by atoms with Crippen molar-refractivity contribution in [3.05, 3.63) is 50.7 Å². The van der Waals surface area contributed by atoms with Crippen molar-refractivity contribution in [2.24, 2.45) is 0 Å². The number of benzene rings is 1. The summed E-state index contributed by atoms with van der Waals surface area (Å²) in [6.45, 7) is 2.01. The number of nitriles is 1. The summed E-state index contributed by atoms with van der Waals surface area (Å²) in [5.41, 5.74) is 2.00. The number of hydrogen-bond acceptors (Lipinski definition) is 3. The van der Waals surface area contributed by atoms with E-state index >= 15 is 0 Å². The standard InChI is InChI=1S/C14H11ClN2OS/c1-2-10-5-6-19-13(10)14(18)17-12-4-3-9(8-16)7-11(12)15/h3-7H,2H2,1H3,(H,17,18). The van der Waals surface area contributed by atoms with Crippen LogP contribution in [0.15, 0.2) is 29.6 Å². The van der Waals surface area contributed by atoms with Crippen LogP contribution in [0, 0.1) is 11.3 Å². The zero-order chi connectivity index (χ0) is 13.8. The normalized spacial score (nSPS) is 9.95. The molecule has 19 heavy (non-hydrogen) atoms. The highest BCUT2D eigenvalue weighted by molar-refractivity contribution is 7.12. The average molecular weight is 291 g/mol. The first-order valence-corrected chi connectivity index (χ1v) is 6.98. The molecule has 0 aliphatic rings. The lowest BCUT2D eigenvalue weighted by Gasteiger charge is -2.07. The van der Waals surface area contributed by atoms with Gasteiger partial charge in [0.05, 0.1) is 27.2 Å². The van der Waals surface area contributed by atoms with E-state index < -0.39 is 0 Å². The minimum Gasteiger partial charge on any atom is -0.320 e. The summed E-state index contributed by atoms with van der Waals surface area (Å²) in [6, 6.07) is 8.74. The molecule has 0 atom stereocenters. The predicted molar refractivity (Wildman–Crippen MR) is 77.8 cm³/mol. The maximum Gasteiger partial charge on any atom is 0.266 e. The van der Waals surface area contributed by atoms with Gasteiger partial charge in [-0.2, -0.15) is 5.26 Å². The van der Waals surface area contributed by atoms with Crippen LogP contribution in [0.2, 0.25) is 5.02 Å². The molecule has 0 aliphatic carbocycles. The molecule has 5 heteroatoms. The lowest BCUT2D eigenvalue weighted by molar-refractivity contribution is 0.103. The molecule has 96 valence electrons. The van der Waals surface area contributed by atoms with Gasteiger partial charge >= 0.3 is 0 Å². The van der Waals surface area contributed by atoms with Crippen molar-refractivity contribution in [1.29, 1.82) is 5.26 Å². The minimum absolute atomic E-state index is 0.168. The van der Waals surface area contributed by atoms with E-state index in [9.17, 15) is 4.79 Å². The average Bonchev–Trinajstić information content (AvgIpc) is 2.89. The minimum atomic E-state index is -0.168. The number of hydrogen-bond donors (Lipinski definition) is 1. The van der Waals surface area contributed by atoms with Gasteiger partial charge in [0.25, 0.3) is 5.91 Å². The molecule has 0 saturated heterocycles. The van der Waals surface area contributed by atoms with Gasteiger partial charge in [-0.1, -0.05) is 18.5 Å². The second kappa shape index (κ2) is 5.87. The summed E-state index contributed by atoms with van der Waals surface area (Å²) in [6.07, 6.45) is 0.813. The van der Waals surface area contributed by atoms with E-state index in [0.29, 0.717) is 21.2 Å². The van der Waals surface area contributed by atoms with Crippen LogP contribution in [0.3, 0.4) is 0 Å². The fraction of sp³-hybridized carbons (Fsp3) is 0.143. The van der Waals surface area contributed by atoms with Gasteiger partial charge in [-0.25, -0.2) is 0 Å². The fourth-order valence-electron chi connectivity index (χ4n) is 1.68. The number of nitrogens with zero attached hydrogens (tertiary/aromatic N) is 1. The molecule has 0 aliphatic heterocycles. The Morgan fingerprint density at radius 2 is 2.26 bits per heavy atom. The highest BCUT2D eigenvalue weighted by Gasteiger charge is 2.13. The lowest BCUT2D eigenvalue weighted by Crippen LogP contribution is -2.12. The van der Waals surface area contributed by atoms with Crippen molar-refractivity contribution in [3.8, 4) is 6.07 Å². The van der Waals surface area contributed by atoms with Gasteiger partial charge in [0.15, 0.2) is 0 Å². The van der Waals surface area contributed by atoms with Crippen molar-refractivity contribution in [2.45, 2.75) is 13.3 Å². The summed E-state index contributed by atoms with van der Waals surface area (Å²) in [4.78, 5) is 12.8. The number of aryl methyl sites for hydroxylation is 1. The Hall–Kier alpha value is -1.83. The fourth-order valence-corrected chi connectivity index (χ4v) is 2.80. The van der Waals surface area contributed by atoms with Gasteiger partial charge in [0.2, 0.25) is 0 Å². The predicted octanol–water partition coefficient (Wildman–Crippen LogP) is 4.09. The number of rotatable bonds is 3. The number of carbonyl (C=O) groups is 1. The van der Waals surface area contributed by atoms with E-state index in [1.165, 1.54) is 17.4 Å². The second-order valence-corrected chi connectivity index (χ2v) is 5.21. The Morgan fingerprint density at radius 1 is 1.47 bits per heavy atom. The third-order valence-corrected chi connectivity index (χ3v) is 3.95. The molecule has 3 nitrogen and oxygen atoms in total. The Morgan fingerprint density at radius 3 is 2.89 bits per heavy atom. The monoisotopic (exact) mass is 290 g/mol. The van der Waals surface area contributed by atoms with E-state index in [1.807, 2.05) is 24.4 Å². The third-order valence-electron chi connectivity index (χ3n) is 2.68. The molecule has 1 N–H and O–H groups in total. The Bertz CT molecular complexity index is 658. The van der Waals surface area contributed by atoms with Crippen LogP contribution in [-0.2, 0) is 6.42 Å². The molecular weight excluding hydrogens is 280 g/mol. The highest BCUT2D eigenvalue weighted by atomic mass is 35.5. The van der Waals surface area contributed by atoms with Crippen molar-refractivity contribution >= 4 is 34.5 Å².